The lowest BCUT2D eigenvalue weighted by Gasteiger charge is -2.19. The molecule has 18 heavy (non-hydrogen) atoms. The van der Waals surface area contributed by atoms with Gasteiger partial charge >= 0.3 is 0 Å². The molecule has 1 amide bonds. The molecule has 98 valence electrons. The van der Waals surface area contributed by atoms with Crippen LogP contribution in [-0.2, 0) is 4.79 Å². The maximum absolute atomic E-state index is 11.9. The van der Waals surface area contributed by atoms with Crippen molar-refractivity contribution >= 4 is 11.6 Å². The Balaban J connectivity index is 2.32. The van der Waals surface area contributed by atoms with Crippen LogP contribution in [0.5, 0.6) is 5.75 Å². The van der Waals surface area contributed by atoms with Gasteiger partial charge in [0.1, 0.15) is 5.75 Å². The molecule has 0 bridgehead atoms. The summed E-state index contributed by atoms with van der Waals surface area (Å²) in [6, 6.07) is 3.92. The zero-order chi connectivity index (χ0) is 13.3. The molecule has 0 spiro atoms. The van der Waals surface area contributed by atoms with Gasteiger partial charge in [0.15, 0.2) is 0 Å². The van der Waals surface area contributed by atoms with Gasteiger partial charge in [-0.3, -0.25) is 4.79 Å². The summed E-state index contributed by atoms with van der Waals surface area (Å²) in [5, 5.41) is 9.14. The number of aliphatic hydroxyl groups excluding tert-OH is 1. The fourth-order valence-electron chi connectivity index (χ4n) is 2.56. The number of hydrogen-bond donors (Lipinski definition) is 1. The van der Waals surface area contributed by atoms with Crippen LogP contribution in [0.4, 0.5) is 5.69 Å². The molecule has 1 fully saturated rings. The van der Waals surface area contributed by atoms with E-state index in [0.717, 1.165) is 22.6 Å². The molecule has 1 N–H and O–H groups in total. The quantitative estimate of drug-likeness (QED) is 0.886. The van der Waals surface area contributed by atoms with E-state index in [9.17, 15) is 4.79 Å². The van der Waals surface area contributed by atoms with Crippen molar-refractivity contribution in [3.63, 3.8) is 0 Å². The molecule has 1 aromatic rings. The maximum Gasteiger partial charge on any atom is 0.227 e. The first-order valence-corrected chi connectivity index (χ1v) is 6.13. The number of carbonyl (C=O) groups excluding carboxylic acids is 1. The van der Waals surface area contributed by atoms with E-state index in [1.165, 1.54) is 0 Å². The number of anilines is 1. The Hall–Kier alpha value is -1.55. The molecule has 1 atom stereocenters. The Bertz CT molecular complexity index is 447. The summed E-state index contributed by atoms with van der Waals surface area (Å²) in [7, 11) is 1.65. The highest BCUT2D eigenvalue weighted by Crippen LogP contribution is 2.31. The SMILES string of the molecule is COc1c(C)cc(N2CC(CO)CC2=O)cc1C. The van der Waals surface area contributed by atoms with Crippen LogP contribution in [0.1, 0.15) is 17.5 Å². The lowest BCUT2D eigenvalue weighted by molar-refractivity contribution is -0.117. The smallest absolute Gasteiger partial charge is 0.227 e. The minimum Gasteiger partial charge on any atom is -0.496 e. The zero-order valence-corrected chi connectivity index (χ0v) is 11.1. The largest absolute Gasteiger partial charge is 0.496 e. The normalized spacial score (nSPS) is 19.4. The van der Waals surface area contributed by atoms with E-state index >= 15 is 0 Å². The fraction of sp³-hybridized carbons (Fsp3) is 0.500. The number of aliphatic hydroxyl groups is 1. The van der Waals surface area contributed by atoms with E-state index in [-0.39, 0.29) is 18.4 Å². The highest BCUT2D eigenvalue weighted by molar-refractivity contribution is 5.96. The van der Waals surface area contributed by atoms with Gasteiger partial charge in [-0.2, -0.15) is 0 Å². The van der Waals surface area contributed by atoms with Crippen LogP contribution in [0.2, 0.25) is 0 Å². The van der Waals surface area contributed by atoms with Crippen LogP contribution in [0.3, 0.4) is 0 Å². The van der Waals surface area contributed by atoms with Crippen molar-refractivity contribution < 1.29 is 14.6 Å². The van der Waals surface area contributed by atoms with E-state index in [4.69, 9.17) is 9.84 Å². The molecule has 1 unspecified atom stereocenters. The molecule has 0 radical (unpaired) electrons. The fourth-order valence-corrected chi connectivity index (χ4v) is 2.56. The number of benzene rings is 1. The predicted octanol–water partition coefficient (Wildman–Crippen LogP) is 1.66. The number of nitrogens with zero attached hydrogens (tertiary/aromatic N) is 1. The molecule has 0 aromatic heterocycles. The average molecular weight is 249 g/mol. The number of methoxy groups -OCH3 is 1. The van der Waals surface area contributed by atoms with Gasteiger partial charge in [0.05, 0.1) is 7.11 Å². The second kappa shape index (κ2) is 4.98. The molecule has 1 heterocycles. The van der Waals surface area contributed by atoms with Crippen molar-refractivity contribution in [1.29, 1.82) is 0 Å². The number of carbonyl (C=O) groups is 1. The molecule has 1 aromatic carbocycles. The third-order valence-electron chi connectivity index (χ3n) is 3.42. The van der Waals surface area contributed by atoms with Gasteiger partial charge < -0.3 is 14.7 Å². The highest BCUT2D eigenvalue weighted by Gasteiger charge is 2.30. The van der Waals surface area contributed by atoms with Gasteiger partial charge in [0, 0.05) is 31.2 Å². The summed E-state index contributed by atoms with van der Waals surface area (Å²) in [5.41, 5.74) is 2.94. The minimum atomic E-state index is 0.0558. The Morgan fingerprint density at radius 1 is 1.39 bits per heavy atom. The van der Waals surface area contributed by atoms with E-state index in [1.807, 2.05) is 26.0 Å². The summed E-state index contributed by atoms with van der Waals surface area (Å²) >= 11 is 0. The summed E-state index contributed by atoms with van der Waals surface area (Å²) in [5.74, 6) is 1.00. The zero-order valence-electron chi connectivity index (χ0n) is 11.1. The van der Waals surface area contributed by atoms with E-state index in [0.29, 0.717) is 13.0 Å². The molecule has 1 aliphatic heterocycles. The molecule has 4 nitrogen and oxygen atoms in total. The molecular formula is C14H19NO3. The van der Waals surface area contributed by atoms with Crippen molar-refractivity contribution in [2.24, 2.45) is 5.92 Å². The number of amides is 1. The summed E-state index contributed by atoms with van der Waals surface area (Å²) in [6.45, 7) is 4.61. The molecule has 0 saturated carbocycles. The second-order valence-electron chi connectivity index (χ2n) is 4.87. The highest BCUT2D eigenvalue weighted by atomic mass is 16.5. The van der Waals surface area contributed by atoms with E-state index in [1.54, 1.807) is 12.0 Å². The van der Waals surface area contributed by atoms with E-state index in [2.05, 4.69) is 0 Å². The lowest BCUT2D eigenvalue weighted by Crippen LogP contribution is -2.25. The topological polar surface area (TPSA) is 49.8 Å². The first kappa shape index (κ1) is 12.9. The first-order chi connectivity index (χ1) is 8.56. The summed E-state index contributed by atoms with van der Waals surface area (Å²) in [4.78, 5) is 13.7. The van der Waals surface area contributed by atoms with Crippen molar-refractivity contribution in [3.05, 3.63) is 23.3 Å². The second-order valence-corrected chi connectivity index (χ2v) is 4.87. The number of aryl methyl sites for hydroxylation is 2. The average Bonchev–Trinajstić information content (AvgIpc) is 2.70. The standard InChI is InChI=1S/C14H19NO3/c1-9-4-12(5-10(2)14(9)18-3)15-7-11(8-16)6-13(15)17/h4-5,11,16H,6-8H2,1-3H3. The first-order valence-electron chi connectivity index (χ1n) is 6.13. The van der Waals surface area contributed by atoms with Gasteiger partial charge in [0.2, 0.25) is 5.91 Å². The monoisotopic (exact) mass is 249 g/mol. The van der Waals surface area contributed by atoms with Crippen LogP contribution in [0, 0.1) is 19.8 Å². The van der Waals surface area contributed by atoms with E-state index < -0.39 is 0 Å². The van der Waals surface area contributed by atoms with Crippen LogP contribution in [-0.4, -0.2) is 31.3 Å². The lowest BCUT2D eigenvalue weighted by atomic mass is 10.1. The Labute approximate surface area is 107 Å². The molecule has 2 rings (SSSR count). The summed E-state index contributed by atoms with van der Waals surface area (Å²) < 4.78 is 5.32. The van der Waals surface area contributed by atoms with Gasteiger partial charge in [-0.25, -0.2) is 0 Å². The summed E-state index contributed by atoms with van der Waals surface area (Å²) in [6.07, 6.45) is 0.431. The Kier molecular flexibility index (Phi) is 3.57. The predicted molar refractivity (Wildman–Crippen MR) is 70.0 cm³/mol. The van der Waals surface area contributed by atoms with Crippen LogP contribution in [0.15, 0.2) is 12.1 Å². The molecular weight excluding hydrogens is 230 g/mol. The van der Waals surface area contributed by atoms with Crippen molar-refractivity contribution in [1.82, 2.24) is 0 Å². The number of rotatable bonds is 3. The van der Waals surface area contributed by atoms with Crippen molar-refractivity contribution in [2.75, 3.05) is 25.2 Å². The van der Waals surface area contributed by atoms with Gasteiger partial charge in [-0.05, 0) is 37.1 Å². The maximum atomic E-state index is 11.9. The Morgan fingerprint density at radius 3 is 2.44 bits per heavy atom. The van der Waals surface area contributed by atoms with Crippen molar-refractivity contribution in [2.45, 2.75) is 20.3 Å². The molecule has 1 aliphatic rings. The number of hydrogen-bond acceptors (Lipinski definition) is 3. The number of ether oxygens (including phenoxy) is 1. The van der Waals surface area contributed by atoms with Crippen molar-refractivity contribution in [3.8, 4) is 5.75 Å². The molecule has 0 aliphatic carbocycles. The molecule has 4 heteroatoms. The van der Waals surface area contributed by atoms with Crippen LogP contribution < -0.4 is 9.64 Å². The van der Waals surface area contributed by atoms with Crippen LogP contribution in [0.25, 0.3) is 0 Å². The minimum absolute atomic E-state index is 0.0558. The van der Waals surface area contributed by atoms with Gasteiger partial charge in [-0.15, -0.1) is 0 Å². The third-order valence-corrected chi connectivity index (χ3v) is 3.42. The van der Waals surface area contributed by atoms with Gasteiger partial charge in [0.25, 0.3) is 0 Å². The van der Waals surface area contributed by atoms with Gasteiger partial charge in [-0.1, -0.05) is 0 Å². The van der Waals surface area contributed by atoms with Crippen LogP contribution >= 0.6 is 0 Å². The molecule has 1 saturated heterocycles. The third kappa shape index (κ3) is 2.20. The Morgan fingerprint density at radius 2 is 2.00 bits per heavy atom.